The maximum atomic E-state index is 7.21. The number of hydrogen-bond acceptors (Lipinski definition) is 4. The topological polar surface area (TPSA) is 38.7 Å². The fourth-order valence-electron chi connectivity index (χ4n) is 0.585. The van der Waals surface area contributed by atoms with E-state index < -0.39 is 0 Å². The number of fused-ring (bicyclic) bond motifs is 1. The molecule has 0 aliphatic heterocycles. The molecule has 3 nitrogen and oxygen atoms in total. The highest BCUT2D eigenvalue weighted by Crippen LogP contribution is 2.21. The molecule has 5 heteroatoms. The minimum absolute atomic E-state index is 0.131. The summed E-state index contributed by atoms with van der Waals surface area (Å²) in [5.74, 6) is 0. The molecular formula is C5H2ClN3S. The highest BCUT2D eigenvalue weighted by molar-refractivity contribution is 7.17. The van der Waals surface area contributed by atoms with Crippen LogP contribution in [0.25, 0.3) is 10.3 Å². The molecule has 0 saturated carbocycles. The van der Waals surface area contributed by atoms with Crippen LogP contribution in [0.15, 0.2) is 11.8 Å². The standard InChI is InChI=1S/C5H2ClN3S/c6-4-3-5(8-1-7-4)9-2-10-3/h1-2H/i1D,2D. The Morgan fingerprint density at radius 2 is 2.40 bits per heavy atom. The van der Waals surface area contributed by atoms with Gasteiger partial charge in [-0.2, -0.15) is 0 Å². The number of nitrogens with zero attached hydrogens (tertiary/aromatic N) is 3. The van der Waals surface area contributed by atoms with E-state index in [1.807, 2.05) is 0 Å². The first kappa shape index (κ1) is 4.20. The van der Waals surface area contributed by atoms with Crippen molar-refractivity contribution in [2.24, 2.45) is 0 Å². The van der Waals surface area contributed by atoms with Crippen molar-refractivity contribution >= 4 is 33.3 Å². The maximum absolute atomic E-state index is 7.21. The highest BCUT2D eigenvalue weighted by Gasteiger charge is 2.01. The van der Waals surface area contributed by atoms with Crippen LogP contribution in [0.1, 0.15) is 2.74 Å². The number of thiazole rings is 1. The monoisotopic (exact) mass is 173 g/mol. The van der Waals surface area contributed by atoms with Gasteiger partial charge in [0.25, 0.3) is 0 Å². The molecular weight excluding hydrogens is 170 g/mol. The fraction of sp³-hybridized carbons (Fsp3) is 0. The molecule has 2 aromatic rings. The molecule has 0 aliphatic rings. The molecule has 0 aliphatic carbocycles. The minimum Gasteiger partial charge on any atom is -0.225 e. The van der Waals surface area contributed by atoms with Crippen LogP contribution in [0.3, 0.4) is 0 Å². The van der Waals surface area contributed by atoms with Crippen molar-refractivity contribution in [2.75, 3.05) is 0 Å². The van der Waals surface area contributed by atoms with Gasteiger partial charge in [0.1, 0.15) is 12.4 Å². The summed E-state index contributed by atoms with van der Waals surface area (Å²) in [7, 11) is 0. The van der Waals surface area contributed by atoms with Gasteiger partial charge in [0.15, 0.2) is 10.8 Å². The van der Waals surface area contributed by atoms with Gasteiger partial charge in [-0.15, -0.1) is 11.3 Å². The van der Waals surface area contributed by atoms with Crippen LogP contribution in [0.5, 0.6) is 0 Å². The average molecular weight is 174 g/mol. The molecule has 0 unspecified atom stereocenters. The second-order valence-electron chi connectivity index (χ2n) is 1.57. The lowest BCUT2D eigenvalue weighted by molar-refractivity contribution is 1.20. The SMILES string of the molecule is [2H]c1nc(Cl)c2sc([2H])nc2n1. The zero-order chi connectivity index (χ0) is 8.72. The Bertz CT molecular complexity index is 443. The van der Waals surface area contributed by atoms with Gasteiger partial charge >= 0.3 is 0 Å². The lowest BCUT2D eigenvalue weighted by atomic mass is 10.6. The van der Waals surface area contributed by atoms with Crippen LogP contribution in [-0.2, 0) is 0 Å². The molecule has 2 rings (SSSR count). The molecule has 0 fully saturated rings. The number of hydrogen-bond donors (Lipinski definition) is 0. The molecule has 0 spiro atoms. The quantitative estimate of drug-likeness (QED) is 0.570. The van der Waals surface area contributed by atoms with Crippen molar-refractivity contribution < 1.29 is 2.74 Å². The highest BCUT2D eigenvalue weighted by atomic mass is 35.5. The lowest BCUT2D eigenvalue weighted by Gasteiger charge is -1.86. The smallest absolute Gasteiger partial charge is 0.174 e. The van der Waals surface area contributed by atoms with Crippen molar-refractivity contribution in [3.8, 4) is 0 Å². The van der Waals surface area contributed by atoms with E-state index in [2.05, 4.69) is 15.0 Å². The minimum atomic E-state index is -0.169. The predicted molar refractivity (Wildman–Crippen MR) is 40.2 cm³/mol. The summed E-state index contributed by atoms with van der Waals surface area (Å²) < 4.78 is 14.9. The van der Waals surface area contributed by atoms with E-state index >= 15 is 0 Å². The largest absolute Gasteiger partial charge is 0.225 e. The van der Waals surface area contributed by atoms with Crippen LogP contribution >= 0.6 is 22.9 Å². The fourth-order valence-corrected chi connectivity index (χ4v) is 1.36. The summed E-state index contributed by atoms with van der Waals surface area (Å²) in [6.07, 6.45) is -0.169. The van der Waals surface area contributed by atoms with E-state index in [1.54, 1.807) is 0 Å². The molecule has 0 saturated heterocycles. The second kappa shape index (κ2) is 2.14. The van der Waals surface area contributed by atoms with Crippen LogP contribution in [0, 0.1) is 0 Å². The van der Waals surface area contributed by atoms with E-state index in [9.17, 15) is 0 Å². The van der Waals surface area contributed by atoms with E-state index in [1.165, 1.54) is 0 Å². The molecule has 0 aromatic carbocycles. The van der Waals surface area contributed by atoms with Crippen molar-refractivity contribution in [3.63, 3.8) is 0 Å². The molecule has 0 atom stereocenters. The Labute approximate surface area is 68.5 Å². The molecule has 0 amide bonds. The number of rotatable bonds is 0. The van der Waals surface area contributed by atoms with Crippen LogP contribution in [-0.4, -0.2) is 15.0 Å². The summed E-state index contributed by atoms with van der Waals surface area (Å²) in [5, 5.41) is 0.195. The van der Waals surface area contributed by atoms with Gasteiger partial charge in [-0.1, -0.05) is 11.6 Å². The van der Waals surface area contributed by atoms with E-state index in [-0.39, 0.29) is 16.9 Å². The van der Waals surface area contributed by atoms with Crippen molar-refractivity contribution in [1.29, 1.82) is 0 Å². The number of aromatic nitrogens is 3. The zero-order valence-electron chi connectivity index (χ0n) is 6.63. The molecule has 2 heterocycles. The van der Waals surface area contributed by atoms with Crippen molar-refractivity contribution in [3.05, 3.63) is 16.9 Å². The van der Waals surface area contributed by atoms with Crippen molar-refractivity contribution in [1.82, 2.24) is 15.0 Å². The first-order valence-electron chi connectivity index (χ1n) is 3.44. The van der Waals surface area contributed by atoms with Gasteiger partial charge in [-0.25, -0.2) is 15.0 Å². The lowest BCUT2D eigenvalue weighted by Crippen LogP contribution is -1.78. The second-order valence-corrected chi connectivity index (χ2v) is 2.73. The van der Waals surface area contributed by atoms with Crippen LogP contribution in [0.4, 0.5) is 0 Å². The van der Waals surface area contributed by atoms with E-state index in [4.69, 9.17) is 14.3 Å². The first-order valence-corrected chi connectivity index (χ1v) is 3.63. The summed E-state index contributed by atoms with van der Waals surface area (Å²) in [6.45, 7) is 0. The maximum Gasteiger partial charge on any atom is 0.174 e. The summed E-state index contributed by atoms with van der Waals surface area (Å²) in [6, 6.07) is 0. The molecule has 50 valence electrons. The molecule has 0 N–H and O–H groups in total. The molecule has 0 radical (unpaired) electrons. The van der Waals surface area contributed by atoms with E-state index in [0.29, 0.717) is 10.3 Å². The van der Waals surface area contributed by atoms with Gasteiger partial charge in [-0.3, -0.25) is 0 Å². The third-order valence-corrected chi connectivity index (χ3v) is 2.14. The molecule has 2 aromatic heterocycles. The molecule has 0 bridgehead atoms. The zero-order valence-corrected chi connectivity index (χ0v) is 6.20. The normalized spacial score (nSPS) is 13.3. The van der Waals surface area contributed by atoms with Gasteiger partial charge in [0.2, 0.25) is 0 Å². The van der Waals surface area contributed by atoms with E-state index in [0.717, 1.165) is 11.3 Å². The van der Waals surface area contributed by atoms with Crippen LogP contribution < -0.4 is 0 Å². The Morgan fingerprint density at radius 3 is 3.30 bits per heavy atom. The third-order valence-electron chi connectivity index (χ3n) is 0.994. The van der Waals surface area contributed by atoms with Gasteiger partial charge in [0, 0.05) is 0 Å². The Hall–Kier alpha value is -0.740. The summed E-state index contributed by atoms with van der Waals surface area (Å²) >= 11 is 6.79. The van der Waals surface area contributed by atoms with Crippen molar-refractivity contribution in [2.45, 2.75) is 0 Å². The average Bonchev–Trinajstić information content (AvgIpc) is 2.29. The first-order chi connectivity index (χ1) is 5.66. The Kier molecular flexibility index (Phi) is 0.900. The number of halogens is 1. The molecule has 10 heavy (non-hydrogen) atoms. The Balaban J connectivity index is 2.88. The van der Waals surface area contributed by atoms with Gasteiger partial charge in [0.05, 0.1) is 6.86 Å². The third kappa shape index (κ3) is 0.767. The van der Waals surface area contributed by atoms with Gasteiger partial charge in [-0.05, 0) is 0 Å². The predicted octanol–water partition coefficient (Wildman–Crippen LogP) is 1.74. The summed E-state index contributed by atoms with van der Waals surface area (Å²) in [4.78, 5) is 11.1. The Morgan fingerprint density at radius 1 is 1.50 bits per heavy atom. The summed E-state index contributed by atoms with van der Waals surface area (Å²) in [5.41, 5.74) is 0.460. The van der Waals surface area contributed by atoms with Crippen LogP contribution in [0.2, 0.25) is 5.15 Å². The van der Waals surface area contributed by atoms with Gasteiger partial charge < -0.3 is 0 Å².